The lowest BCUT2D eigenvalue weighted by molar-refractivity contribution is -0.146. The molecule has 0 radical (unpaired) electrons. The topological polar surface area (TPSA) is 78.7 Å². The van der Waals surface area contributed by atoms with Gasteiger partial charge in [0.25, 0.3) is 0 Å². The van der Waals surface area contributed by atoms with Crippen LogP contribution in [0.3, 0.4) is 0 Å². The molecule has 1 aliphatic rings. The number of hydrogen-bond donors (Lipinski definition) is 2. The van der Waals surface area contributed by atoms with Crippen molar-refractivity contribution in [2.24, 2.45) is 5.73 Å². The molecule has 6 heteroatoms. The molecule has 1 saturated heterocycles. The van der Waals surface area contributed by atoms with Gasteiger partial charge in [-0.2, -0.15) is 0 Å². The minimum atomic E-state index is -0.476. The van der Waals surface area contributed by atoms with Crippen molar-refractivity contribution in [3.05, 3.63) is 0 Å². The third-order valence-electron chi connectivity index (χ3n) is 3.11. The Morgan fingerprint density at radius 3 is 2.44 bits per heavy atom. The molecule has 2 amide bonds. The van der Waals surface area contributed by atoms with Crippen LogP contribution in [0.2, 0.25) is 0 Å². The molecule has 18 heavy (non-hydrogen) atoms. The van der Waals surface area contributed by atoms with Gasteiger partial charge in [-0.05, 0) is 6.42 Å². The van der Waals surface area contributed by atoms with Crippen LogP contribution in [-0.4, -0.2) is 67.4 Å². The molecule has 0 bridgehead atoms. The minimum absolute atomic E-state index is 0.404. The van der Waals surface area contributed by atoms with Gasteiger partial charge in [-0.25, -0.2) is 0 Å². The number of rotatable bonds is 5. The summed E-state index contributed by atoms with van der Waals surface area (Å²) in [5, 5.41) is 2.65. The van der Waals surface area contributed by atoms with Crippen molar-refractivity contribution >= 4 is 11.8 Å². The molecule has 3 N–H and O–H groups in total. The monoisotopic (exact) mass is 256 g/mol. The Kier molecular flexibility index (Phi) is 6.67. The third-order valence-corrected chi connectivity index (χ3v) is 3.11. The van der Waals surface area contributed by atoms with Gasteiger partial charge < -0.3 is 16.0 Å². The second-order valence-electron chi connectivity index (χ2n) is 4.53. The maximum Gasteiger partial charge on any atom is 0.311 e. The van der Waals surface area contributed by atoms with Gasteiger partial charge in [0.05, 0.1) is 0 Å². The second-order valence-corrected chi connectivity index (χ2v) is 4.53. The molecule has 0 unspecified atom stereocenters. The molecule has 0 aromatic heterocycles. The SMILES string of the molecule is CCCCNC(=O)C(=O)N1CCN(CCN)CC1. The van der Waals surface area contributed by atoms with E-state index in [-0.39, 0.29) is 0 Å². The van der Waals surface area contributed by atoms with E-state index in [1.165, 1.54) is 0 Å². The summed E-state index contributed by atoms with van der Waals surface area (Å²) < 4.78 is 0. The highest BCUT2D eigenvalue weighted by molar-refractivity contribution is 6.35. The first kappa shape index (κ1) is 14.9. The molecule has 104 valence electrons. The number of amides is 2. The summed E-state index contributed by atoms with van der Waals surface area (Å²) in [5.41, 5.74) is 5.48. The maximum atomic E-state index is 11.8. The summed E-state index contributed by atoms with van der Waals surface area (Å²) >= 11 is 0. The smallest absolute Gasteiger partial charge is 0.311 e. The van der Waals surface area contributed by atoms with Crippen LogP contribution in [-0.2, 0) is 9.59 Å². The zero-order chi connectivity index (χ0) is 13.4. The predicted molar refractivity (Wildman–Crippen MR) is 70.0 cm³/mol. The number of carbonyl (C=O) groups is 2. The molecule has 0 aromatic carbocycles. The van der Waals surface area contributed by atoms with Gasteiger partial charge >= 0.3 is 11.8 Å². The van der Waals surface area contributed by atoms with Crippen LogP contribution >= 0.6 is 0 Å². The van der Waals surface area contributed by atoms with Gasteiger partial charge in [-0.15, -0.1) is 0 Å². The molecule has 0 saturated carbocycles. The quantitative estimate of drug-likeness (QED) is 0.489. The number of nitrogens with zero attached hydrogens (tertiary/aromatic N) is 2. The predicted octanol–water partition coefficient (Wildman–Crippen LogP) is -0.994. The number of nitrogens with two attached hydrogens (primary N) is 1. The molecule has 0 atom stereocenters. The minimum Gasteiger partial charge on any atom is -0.348 e. The standard InChI is InChI=1S/C12H24N4O2/c1-2-3-5-14-11(17)12(18)16-9-7-15(6-4-13)8-10-16/h2-10,13H2,1H3,(H,14,17). The molecule has 0 aromatic rings. The van der Waals surface area contributed by atoms with E-state index in [0.717, 1.165) is 32.5 Å². The van der Waals surface area contributed by atoms with E-state index in [1.54, 1.807) is 4.90 Å². The molecule has 1 fully saturated rings. The van der Waals surface area contributed by atoms with Crippen LogP contribution in [0.1, 0.15) is 19.8 Å². The largest absolute Gasteiger partial charge is 0.348 e. The second kappa shape index (κ2) is 8.05. The molecular formula is C12H24N4O2. The molecular weight excluding hydrogens is 232 g/mol. The van der Waals surface area contributed by atoms with Crippen molar-refractivity contribution in [3.63, 3.8) is 0 Å². The fourth-order valence-corrected chi connectivity index (χ4v) is 1.96. The van der Waals surface area contributed by atoms with Gasteiger partial charge in [-0.1, -0.05) is 13.3 Å². The van der Waals surface area contributed by atoms with E-state index in [0.29, 0.717) is 26.2 Å². The highest BCUT2D eigenvalue weighted by atomic mass is 16.2. The fraction of sp³-hybridized carbons (Fsp3) is 0.833. The first-order chi connectivity index (χ1) is 8.69. The molecule has 0 spiro atoms. The van der Waals surface area contributed by atoms with E-state index < -0.39 is 11.8 Å². The Balaban J connectivity index is 2.28. The summed E-state index contributed by atoms with van der Waals surface area (Å²) in [6, 6.07) is 0. The van der Waals surface area contributed by atoms with Crippen LogP contribution in [0.4, 0.5) is 0 Å². The van der Waals surface area contributed by atoms with Crippen LogP contribution in [0.25, 0.3) is 0 Å². The summed E-state index contributed by atoms with van der Waals surface area (Å²) in [4.78, 5) is 27.2. The Hall–Kier alpha value is -1.14. The highest BCUT2D eigenvalue weighted by Gasteiger charge is 2.25. The van der Waals surface area contributed by atoms with Crippen molar-refractivity contribution < 1.29 is 9.59 Å². The van der Waals surface area contributed by atoms with Crippen LogP contribution in [0, 0.1) is 0 Å². The lowest BCUT2D eigenvalue weighted by Crippen LogP contribution is -2.53. The number of nitrogens with one attached hydrogen (secondary N) is 1. The Morgan fingerprint density at radius 2 is 1.89 bits per heavy atom. The summed E-state index contributed by atoms with van der Waals surface area (Å²) in [6.45, 7) is 6.92. The molecule has 1 rings (SSSR count). The normalized spacial score (nSPS) is 16.7. The van der Waals surface area contributed by atoms with Gasteiger partial charge in [-0.3, -0.25) is 14.5 Å². The number of piperazine rings is 1. The molecule has 1 heterocycles. The van der Waals surface area contributed by atoms with E-state index in [1.807, 2.05) is 6.92 Å². The van der Waals surface area contributed by atoms with Gasteiger partial charge in [0.2, 0.25) is 0 Å². The van der Waals surface area contributed by atoms with Crippen LogP contribution < -0.4 is 11.1 Å². The molecule has 1 aliphatic heterocycles. The summed E-state index contributed by atoms with van der Waals surface area (Å²) in [5.74, 6) is -0.880. The lowest BCUT2D eigenvalue weighted by atomic mass is 10.3. The van der Waals surface area contributed by atoms with E-state index in [9.17, 15) is 9.59 Å². The lowest BCUT2D eigenvalue weighted by Gasteiger charge is -2.34. The maximum absolute atomic E-state index is 11.8. The Morgan fingerprint density at radius 1 is 1.22 bits per heavy atom. The zero-order valence-corrected chi connectivity index (χ0v) is 11.2. The van der Waals surface area contributed by atoms with Gasteiger partial charge in [0.15, 0.2) is 0 Å². The average molecular weight is 256 g/mol. The molecule has 0 aliphatic carbocycles. The number of hydrogen-bond acceptors (Lipinski definition) is 4. The van der Waals surface area contributed by atoms with E-state index >= 15 is 0 Å². The number of carbonyl (C=O) groups excluding carboxylic acids is 2. The summed E-state index contributed by atoms with van der Waals surface area (Å²) in [6.07, 6.45) is 1.91. The van der Waals surface area contributed by atoms with E-state index in [4.69, 9.17) is 5.73 Å². The summed E-state index contributed by atoms with van der Waals surface area (Å²) in [7, 11) is 0. The van der Waals surface area contributed by atoms with Crippen molar-refractivity contribution in [1.29, 1.82) is 0 Å². The van der Waals surface area contributed by atoms with Crippen LogP contribution in [0.15, 0.2) is 0 Å². The highest BCUT2D eigenvalue weighted by Crippen LogP contribution is 2.01. The Labute approximate surface area is 108 Å². The zero-order valence-electron chi connectivity index (χ0n) is 11.2. The molecule has 6 nitrogen and oxygen atoms in total. The third kappa shape index (κ3) is 4.62. The van der Waals surface area contributed by atoms with Crippen molar-refractivity contribution in [3.8, 4) is 0 Å². The van der Waals surface area contributed by atoms with Crippen LogP contribution in [0.5, 0.6) is 0 Å². The average Bonchev–Trinajstić information content (AvgIpc) is 2.39. The van der Waals surface area contributed by atoms with Crippen molar-refractivity contribution in [2.75, 3.05) is 45.8 Å². The van der Waals surface area contributed by atoms with Crippen molar-refractivity contribution in [2.45, 2.75) is 19.8 Å². The van der Waals surface area contributed by atoms with Crippen molar-refractivity contribution in [1.82, 2.24) is 15.1 Å². The van der Waals surface area contributed by atoms with E-state index in [2.05, 4.69) is 10.2 Å². The first-order valence-electron chi connectivity index (χ1n) is 6.68. The van der Waals surface area contributed by atoms with Gasteiger partial charge in [0, 0.05) is 45.8 Å². The fourth-order valence-electron chi connectivity index (χ4n) is 1.96. The first-order valence-corrected chi connectivity index (χ1v) is 6.68. The Bertz CT molecular complexity index is 275. The number of unbranched alkanes of at least 4 members (excludes halogenated alkanes) is 1. The van der Waals surface area contributed by atoms with Gasteiger partial charge in [0.1, 0.15) is 0 Å².